The SMILES string of the molecule is O=C(O)/C(O)=C/C(=O)c1ccc(Cc2ccccc2)[nH]1. The van der Waals surface area contributed by atoms with Crippen LogP contribution in [0.3, 0.4) is 0 Å². The van der Waals surface area contributed by atoms with Crippen LogP contribution in [0.5, 0.6) is 0 Å². The lowest BCUT2D eigenvalue weighted by Crippen LogP contribution is -2.04. The number of H-pyrrole nitrogens is 1. The van der Waals surface area contributed by atoms with Crippen LogP contribution in [-0.2, 0) is 11.2 Å². The Balaban J connectivity index is 2.11. The molecule has 3 N–H and O–H groups in total. The van der Waals surface area contributed by atoms with Crippen molar-refractivity contribution in [1.82, 2.24) is 4.98 Å². The number of aromatic amines is 1. The monoisotopic (exact) mass is 271 g/mol. The number of rotatable bonds is 5. The van der Waals surface area contributed by atoms with Gasteiger partial charge in [0.25, 0.3) is 0 Å². The number of nitrogens with one attached hydrogen (secondary N) is 1. The molecule has 0 aliphatic carbocycles. The molecule has 0 fully saturated rings. The summed E-state index contributed by atoms with van der Waals surface area (Å²) in [5, 5.41) is 17.5. The van der Waals surface area contributed by atoms with Crippen LogP contribution in [0.25, 0.3) is 0 Å². The predicted molar refractivity (Wildman–Crippen MR) is 72.7 cm³/mol. The Labute approximate surface area is 115 Å². The standard InChI is InChI=1S/C15H13NO4/c17-13(9-14(18)15(19)20)12-7-6-11(16-12)8-10-4-2-1-3-5-10/h1-7,9,16,18H,8H2,(H,19,20)/b14-9-. The molecule has 0 spiro atoms. The van der Waals surface area contributed by atoms with Gasteiger partial charge >= 0.3 is 5.97 Å². The number of hydrogen-bond donors (Lipinski definition) is 3. The van der Waals surface area contributed by atoms with Crippen LogP contribution in [0, 0.1) is 0 Å². The number of ketones is 1. The first-order chi connectivity index (χ1) is 9.56. The second kappa shape index (κ2) is 5.88. The van der Waals surface area contributed by atoms with Crippen LogP contribution in [0.4, 0.5) is 0 Å². The van der Waals surface area contributed by atoms with Gasteiger partial charge in [-0.25, -0.2) is 4.79 Å². The highest BCUT2D eigenvalue weighted by molar-refractivity contribution is 6.06. The Morgan fingerprint density at radius 2 is 1.75 bits per heavy atom. The summed E-state index contributed by atoms with van der Waals surface area (Å²) < 4.78 is 0. The summed E-state index contributed by atoms with van der Waals surface area (Å²) >= 11 is 0. The molecule has 20 heavy (non-hydrogen) atoms. The van der Waals surface area contributed by atoms with Crippen LogP contribution in [0.2, 0.25) is 0 Å². The summed E-state index contributed by atoms with van der Waals surface area (Å²) in [6.07, 6.45) is 1.32. The van der Waals surface area contributed by atoms with E-state index in [9.17, 15) is 9.59 Å². The van der Waals surface area contributed by atoms with Gasteiger partial charge in [-0.15, -0.1) is 0 Å². The molecule has 0 radical (unpaired) electrons. The fourth-order valence-corrected chi connectivity index (χ4v) is 1.77. The maximum atomic E-state index is 11.7. The molecule has 0 atom stereocenters. The maximum Gasteiger partial charge on any atom is 0.371 e. The van der Waals surface area contributed by atoms with Gasteiger partial charge in [0.05, 0.1) is 5.69 Å². The van der Waals surface area contributed by atoms with Crippen LogP contribution in [-0.4, -0.2) is 26.9 Å². The summed E-state index contributed by atoms with van der Waals surface area (Å²) in [6.45, 7) is 0. The molecule has 0 amide bonds. The Kier molecular flexibility index (Phi) is 4.00. The van der Waals surface area contributed by atoms with Crippen molar-refractivity contribution in [1.29, 1.82) is 0 Å². The van der Waals surface area contributed by atoms with Gasteiger partial charge in [0, 0.05) is 18.2 Å². The number of aliphatic hydroxyl groups is 1. The van der Waals surface area contributed by atoms with Gasteiger partial charge in [0.2, 0.25) is 11.5 Å². The molecule has 1 aromatic heterocycles. The Hall–Kier alpha value is -2.82. The van der Waals surface area contributed by atoms with Gasteiger partial charge in [0.1, 0.15) is 0 Å². The molecule has 2 rings (SSSR count). The average molecular weight is 271 g/mol. The summed E-state index contributed by atoms with van der Waals surface area (Å²) in [5.41, 5.74) is 2.17. The van der Waals surface area contributed by atoms with E-state index in [0.29, 0.717) is 12.5 Å². The quantitative estimate of drug-likeness (QED) is 0.442. The van der Waals surface area contributed by atoms with Crippen LogP contribution in [0.15, 0.2) is 54.3 Å². The van der Waals surface area contributed by atoms with Crippen molar-refractivity contribution in [3.8, 4) is 0 Å². The first-order valence-corrected chi connectivity index (χ1v) is 5.96. The van der Waals surface area contributed by atoms with Crippen molar-refractivity contribution in [2.75, 3.05) is 0 Å². The third kappa shape index (κ3) is 3.35. The lowest BCUT2D eigenvalue weighted by Gasteiger charge is -1.98. The van der Waals surface area contributed by atoms with Crippen molar-refractivity contribution in [3.05, 3.63) is 71.3 Å². The molecule has 1 heterocycles. The minimum absolute atomic E-state index is 0.240. The van der Waals surface area contributed by atoms with Gasteiger partial charge in [-0.1, -0.05) is 30.3 Å². The predicted octanol–water partition coefficient (Wildman–Crippen LogP) is 2.31. The van der Waals surface area contributed by atoms with Gasteiger partial charge < -0.3 is 15.2 Å². The average Bonchev–Trinajstić information content (AvgIpc) is 2.88. The van der Waals surface area contributed by atoms with E-state index in [4.69, 9.17) is 10.2 Å². The van der Waals surface area contributed by atoms with Gasteiger partial charge in [0.15, 0.2) is 0 Å². The normalized spacial score (nSPS) is 11.3. The zero-order valence-electron chi connectivity index (χ0n) is 10.5. The van der Waals surface area contributed by atoms with Gasteiger partial charge in [-0.05, 0) is 17.7 Å². The Morgan fingerprint density at radius 1 is 1.05 bits per heavy atom. The van der Waals surface area contributed by atoms with Crippen LogP contribution in [0.1, 0.15) is 21.7 Å². The van der Waals surface area contributed by atoms with E-state index in [-0.39, 0.29) is 5.69 Å². The molecule has 102 valence electrons. The number of aromatic nitrogens is 1. The van der Waals surface area contributed by atoms with E-state index in [1.807, 2.05) is 30.3 Å². The molecule has 0 unspecified atom stereocenters. The molecule has 2 aromatic rings. The number of aliphatic carboxylic acids is 1. The molecular formula is C15H13NO4. The van der Waals surface area contributed by atoms with Crippen molar-refractivity contribution in [2.45, 2.75) is 6.42 Å². The second-order valence-corrected chi connectivity index (χ2v) is 4.26. The van der Waals surface area contributed by atoms with Crippen molar-refractivity contribution < 1.29 is 19.8 Å². The summed E-state index contributed by atoms with van der Waals surface area (Å²) in [6, 6.07) is 13.0. The molecule has 0 aliphatic heterocycles. The summed E-state index contributed by atoms with van der Waals surface area (Å²) in [5.74, 6) is -3.09. The number of aliphatic hydroxyl groups excluding tert-OH is 1. The molecule has 0 saturated carbocycles. The van der Waals surface area contributed by atoms with E-state index in [1.54, 1.807) is 12.1 Å². The summed E-state index contributed by atoms with van der Waals surface area (Å²) in [7, 11) is 0. The van der Waals surface area contributed by atoms with E-state index in [0.717, 1.165) is 11.3 Å². The Morgan fingerprint density at radius 3 is 2.40 bits per heavy atom. The van der Waals surface area contributed by atoms with Crippen molar-refractivity contribution in [3.63, 3.8) is 0 Å². The molecule has 0 saturated heterocycles. The zero-order chi connectivity index (χ0) is 14.5. The number of carbonyl (C=O) groups is 2. The first kappa shape index (κ1) is 13.6. The smallest absolute Gasteiger partial charge is 0.371 e. The molecule has 1 aromatic carbocycles. The van der Waals surface area contributed by atoms with Crippen LogP contribution >= 0.6 is 0 Å². The number of carbonyl (C=O) groups excluding carboxylic acids is 1. The van der Waals surface area contributed by atoms with Gasteiger partial charge in [-0.2, -0.15) is 0 Å². The minimum atomic E-state index is -1.53. The third-order valence-electron chi connectivity index (χ3n) is 2.74. The number of benzene rings is 1. The largest absolute Gasteiger partial charge is 0.502 e. The van der Waals surface area contributed by atoms with Crippen molar-refractivity contribution >= 4 is 11.8 Å². The highest BCUT2D eigenvalue weighted by Gasteiger charge is 2.11. The minimum Gasteiger partial charge on any atom is -0.502 e. The molecule has 5 heteroatoms. The number of carboxylic acids is 1. The van der Waals surface area contributed by atoms with E-state index < -0.39 is 17.5 Å². The van der Waals surface area contributed by atoms with Gasteiger partial charge in [-0.3, -0.25) is 4.79 Å². The fraction of sp³-hybridized carbons (Fsp3) is 0.0667. The highest BCUT2D eigenvalue weighted by atomic mass is 16.4. The first-order valence-electron chi connectivity index (χ1n) is 5.96. The highest BCUT2D eigenvalue weighted by Crippen LogP contribution is 2.10. The maximum absolute atomic E-state index is 11.7. The third-order valence-corrected chi connectivity index (χ3v) is 2.74. The molecule has 0 aliphatic rings. The number of carboxylic acid groups (broad SMARTS) is 1. The number of hydrogen-bond acceptors (Lipinski definition) is 3. The van der Waals surface area contributed by atoms with Crippen molar-refractivity contribution in [2.24, 2.45) is 0 Å². The number of allylic oxidation sites excluding steroid dienone is 1. The molecule has 5 nitrogen and oxygen atoms in total. The van der Waals surface area contributed by atoms with E-state index in [1.165, 1.54) is 0 Å². The lowest BCUT2D eigenvalue weighted by molar-refractivity contribution is -0.135. The molecular weight excluding hydrogens is 258 g/mol. The zero-order valence-corrected chi connectivity index (χ0v) is 10.5. The van der Waals surface area contributed by atoms with E-state index >= 15 is 0 Å². The lowest BCUT2D eigenvalue weighted by atomic mass is 10.1. The molecule has 0 bridgehead atoms. The topological polar surface area (TPSA) is 90.4 Å². The van der Waals surface area contributed by atoms with Crippen LogP contribution < -0.4 is 0 Å². The summed E-state index contributed by atoms with van der Waals surface area (Å²) in [4.78, 5) is 25.0. The van der Waals surface area contributed by atoms with E-state index in [2.05, 4.69) is 4.98 Å². The second-order valence-electron chi connectivity index (χ2n) is 4.26. The fourth-order valence-electron chi connectivity index (χ4n) is 1.77. The Bertz CT molecular complexity index is 656.